The van der Waals surface area contributed by atoms with E-state index in [2.05, 4.69) is 22.9 Å². The van der Waals surface area contributed by atoms with Crippen molar-refractivity contribution in [3.63, 3.8) is 0 Å². The lowest BCUT2D eigenvalue weighted by Gasteiger charge is -2.29. The number of amides is 2. The van der Waals surface area contributed by atoms with Crippen LogP contribution in [0.15, 0.2) is 0 Å². The van der Waals surface area contributed by atoms with Gasteiger partial charge in [0.2, 0.25) is 0 Å². The predicted octanol–water partition coefficient (Wildman–Crippen LogP) is 0.941. The number of nitrogens with one attached hydrogen (secondary N) is 3. The summed E-state index contributed by atoms with van der Waals surface area (Å²) >= 11 is 0. The first-order valence-corrected chi connectivity index (χ1v) is 5.96. The SMILES string of the molecule is CCCNC(=O)NCC1CNCCC1C. The van der Waals surface area contributed by atoms with Crippen LogP contribution in [0.25, 0.3) is 0 Å². The summed E-state index contributed by atoms with van der Waals surface area (Å²) in [4.78, 5) is 11.3. The topological polar surface area (TPSA) is 53.2 Å². The summed E-state index contributed by atoms with van der Waals surface area (Å²) in [6.45, 7) is 7.98. The standard InChI is InChI=1S/C11H23N3O/c1-3-5-13-11(15)14-8-10-7-12-6-4-9(10)2/h9-10,12H,3-8H2,1-2H3,(H2,13,14,15). The van der Waals surface area contributed by atoms with Gasteiger partial charge in [-0.3, -0.25) is 0 Å². The lowest BCUT2D eigenvalue weighted by atomic mass is 9.88. The highest BCUT2D eigenvalue weighted by atomic mass is 16.2. The molecule has 0 aliphatic carbocycles. The first-order chi connectivity index (χ1) is 7.24. The summed E-state index contributed by atoms with van der Waals surface area (Å²) in [5, 5.41) is 9.10. The molecule has 1 heterocycles. The van der Waals surface area contributed by atoms with Gasteiger partial charge in [-0.25, -0.2) is 4.79 Å². The number of carbonyl (C=O) groups excluding carboxylic acids is 1. The third-order valence-electron chi connectivity index (χ3n) is 3.05. The molecular weight excluding hydrogens is 190 g/mol. The highest BCUT2D eigenvalue weighted by molar-refractivity contribution is 5.73. The molecule has 1 rings (SSSR count). The van der Waals surface area contributed by atoms with Gasteiger partial charge in [-0.05, 0) is 37.8 Å². The second kappa shape index (κ2) is 6.67. The Morgan fingerprint density at radius 2 is 2.27 bits per heavy atom. The van der Waals surface area contributed by atoms with E-state index in [9.17, 15) is 4.79 Å². The first kappa shape index (κ1) is 12.3. The van der Waals surface area contributed by atoms with Crippen molar-refractivity contribution in [2.24, 2.45) is 11.8 Å². The summed E-state index contributed by atoms with van der Waals surface area (Å²) in [6, 6.07) is -0.0328. The minimum Gasteiger partial charge on any atom is -0.338 e. The summed E-state index contributed by atoms with van der Waals surface area (Å²) < 4.78 is 0. The number of urea groups is 1. The molecule has 1 fully saturated rings. The van der Waals surface area contributed by atoms with Crippen LogP contribution >= 0.6 is 0 Å². The van der Waals surface area contributed by atoms with E-state index in [1.54, 1.807) is 0 Å². The molecule has 88 valence electrons. The summed E-state index contributed by atoms with van der Waals surface area (Å²) in [7, 11) is 0. The molecule has 0 radical (unpaired) electrons. The van der Waals surface area contributed by atoms with Crippen molar-refractivity contribution in [3.05, 3.63) is 0 Å². The van der Waals surface area contributed by atoms with Crippen molar-refractivity contribution in [3.8, 4) is 0 Å². The average molecular weight is 213 g/mol. The van der Waals surface area contributed by atoms with Gasteiger partial charge >= 0.3 is 6.03 Å². The second-order valence-corrected chi connectivity index (χ2v) is 4.37. The van der Waals surface area contributed by atoms with Crippen LogP contribution in [0.2, 0.25) is 0 Å². The Kier molecular flexibility index (Phi) is 5.47. The predicted molar refractivity (Wildman–Crippen MR) is 61.8 cm³/mol. The van der Waals surface area contributed by atoms with Crippen LogP contribution < -0.4 is 16.0 Å². The minimum atomic E-state index is -0.0328. The average Bonchev–Trinajstić information content (AvgIpc) is 2.25. The molecule has 2 unspecified atom stereocenters. The number of rotatable bonds is 4. The van der Waals surface area contributed by atoms with E-state index in [1.165, 1.54) is 6.42 Å². The maximum Gasteiger partial charge on any atom is 0.314 e. The molecule has 0 aromatic carbocycles. The summed E-state index contributed by atoms with van der Waals surface area (Å²) in [5.74, 6) is 1.28. The molecule has 0 saturated carbocycles. The monoisotopic (exact) mass is 213 g/mol. The van der Waals surface area contributed by atoms with Crippen molar-refractivity contribution < 1.29 is 4.79 Å². The van der Waals surface area contributed by atoms with E-state index in [0.29, 0.717) is 11.8 Å². The van der Waals surface area contributed by atoms with Crippen LogP contribution in [0.4, 0.5) is 4.79 Å². The fraction of sp³-hybridized carbons (Fsp3) is 0.909. The quantitative estimate of drug-likeness (QED) is 0.651. The molecular formula is C11H23N3O. The summed E-state index contributed by atoms with van der Waals surface area (Å²) in [5.41, 5.74) is 0. The van der Waals surface area contributed by atoms with Crippen LogP contribution in [-0.4, -0.2) is 32.2 Å². The largest absolute Gasteiger partial charge is 0.338 e. The van der Waals surface area contributed by atoms with Crippen LogP contribution in [0.3, 0.4) is 0 Å². The van der Waals surface area contributed by atoms with Crippen LogP contribution in [0.5, 0.6) is 0 Å². The normalized spacial score (nSPS) is 26.0. The van der Waals surface area contributed by atoms with Gasteiger partial charge in [0.25, 0.3) is 0 Å². The Balaban J connectivity index is 2.14. The van der Waals surface area contributed by atoms with Gasteiger partial charge in [-0.15, -0.1) is 0 Å². The molecule has 2 amide bonds. The number of hydrogen-bond donors (Lipinski definition) is 3. The van der Waals surface area contributed by atoms with Crippen LogP contribution in [0, 0.1) is 11.8 Å². The number of hydrogen-bond acceptors (Lipinski definition) is 2. The minimum absolute atomic E-state index is 0.0328. The molecule has 4 heteroatoms. The van der Waals surface area contributed by atoms with Crippen molar-refractivity contribution >= 4 is 6.03 Å². The molecule has 0 aromatic rings. The Morgan fingerprint density at radius 1 is 1.47 bits per heavy atom. The van der Waals surface area contributed by atoms with Crippen molar-refractivity contribution in [1.29, 1.82) is 0 Å². The Morgan fingerprint density at radius 3 is 2.93 bits per heavy atom. The molecule has 4 nitrogen and oxygen atoms in total. The number of carbonyl (C=O) groups is 1. The fourth-order valence-electron chi connectivity index (χ4n) is 1.85. The van der Waals surface area contributed by atoms with Gasteiger partial charge in [0.15, 0.2) is 0 Å². The van der Waals surface area contributed by atoms with Crippen molar-refractivity contribution in [1.82, 2.24) is 16.0 Å². The van der Waals surface area contributed by atoms with Crippen molar-refractivity contribution in [2.45, 2.75) is 26.7 Å². The van der Waals surface area contributed by atoms with Crippen molar-refractivity contribution in [2.75, 3.05) is 26.2 Å². The highest BCUT2D eigenvalue weighted by Crippen LogP contribution is 2.16. The Hall–Kier alpha value is -0.770. The van der Waals surface area contributed by atoms with Gasteiger partial charge in [0.1, 0.15) is 0 Å². The van der Waals surface area contributed by atoms with Gasteiger partial charge in [-0.1, -0.05) is 13.8 Å². The maximum atomic E-state index is 11.3. The van der Waals surface area contributed by atoms with E-state index in [-0.39, 0.29) is 6.03 Å². The fourth-order valence-corrected chi connectivity index (χ4v) is 1.85. The lowest BCUT2D eigenvalue weighted by Crippen LogP contribution is -2.45. The van der Waals surface area contributed by atoms with E-state index < -0.39 is 0 Å². The molecule has 0 aromatic heterocycles. The zero-order chi connectivity index (χ0) is 11.1. The molecule has 15 heavy (non-hydrogen) atoms. The molecule has 0 spiro atoms. The van der Waals surface area contributed by atoms with E-state index in [4.69, 9.17) is 0 Å². The second-order valence-electron chi connectivity index (χ2n) is 4.37. The van der Waals surface area contributed by atoms with Gasteiger partial charge in [-0.2, -0.15) is 0 Å². The smallest absolute Gasteiger partial charge is 0.314 e. The van der Waals surface area contributed by atoms with Crippen LogP contribution in [-0.2, 0) is 0 Å². The molecule has 2 atom stereocenters. The lowest BCUT2D eigenvalue weighted by molar-refractivity contribution is 0.228. The third-order valence-corrected chi connectivity index (χ3v) is 3.05. The zero-order valence-corrected chi connectivity index (χ0v) is 9.81. The maximum absolute atomic E-state index is 11.3. The summed E-state index contributed by atoms with van der Waals surface area (Å²) in [6.07, 6.45) is 2.19. The molecule has 1 aliphatic heterocycles. The molecule has 0 bridgehead atoms. The van der Waals surface area contributed by atoms with Gasteiger partial charge in [0, 0.05) is 13.1 Å². The Labute approximate surface area is 92.2 Å². The van der Waals surface area contributed by atoms with Gasteiger partial charge in [0.05, 0.1) is 0 Å². The first-order valence-electron chi connectivity index (χ1n) is 5.96. The molecule has 1 aliphatic rings. The third kappa shape index (κ3) is 4.51. The Bertz CT molecular complexity index is 196. The highest BCUT2D eigenvalue weighted by Gasteiger charge is 2.20. The number of piperidine rings is 1. The zero-order valence-electron chi connectivity index (χ0n) is 9.81. The van der Waals surface area contributed by atoms with E-state index in [0.717, 1.165) is 32.6 Å². The molecule has 1 saturated heterocycles. The van der Waals surface area contributed by atoms with Gasteiger partial charge < -0.3 is 16.0 Å². The van der Waals surface area contributed by atoms with E-state index in [1.807, 2.05) is 6.92 Å². The molecule has 3 N–H and O–H groups in total. The van der Waals surface area contributed by atoms with Crippen LogP contribution in [0.1, 0.15) is 26.7 Å². The van der Waals surface area contributed by atoms with E-state index >= 15 is 0 Å².